The maximum atomic E-state index is 11.0. The number of carbonyl (C=O) groups excluding carboxylic acids is 1. The van der Waals surface area contributed by atoms with E-state index in [0.717, 1.165) is 4.88 Å². The molecule has 1 atom stereocenters. The van der Waals surface area contributed by atoms with Crippen LogP contribution in [0, 0.1) is 0 Å². The van der Waals surface area contributed by atoms with Gasteiger partial charge in [-0.1, -0.05) is 6.07 Å². The number of aliphatic carboxylic acids is 1. The van der Waals surface area contributed by atoms with Gasteiger partial charge < -0.3 is 10.4 Å². The lowest BCUT2D eigenvalue weighted by Crippen LogP contribution is -2.35. The Morgan fingerprint density at radius 3 is 2.81 bits per heavy atom. The lowest BCUT2D eigenvalue weighted by molar-refractivity contribution is -0.137. The van der Waals surface area contributed by atoms with Crippen LogP contribution in [0.25, 0.3) is 0 Å². The largest absolute Gasteiger partial charge is 0.481 e. The molecule has 0 spiro atoms. The molecule has 0 bridgehead atoms. The first-order valence-electron chi connectivity index (χ1n) is 5.09. The molecule has 0 aliphatic rings. The summed E-state index contributed by atoms with van der Waals surface area (Å²) in [6.45, 7) is 1.45. The van der Waals surface area contributed by atoms with Crippen LogP contribution in [0.1, 0.15) is 24.6 Å². The monoisotopic (exact) mass is 241 g/mol. The van der Waals surface area contributed by atoms with Gasteiger partial charge in [0.2, 0.25) is 5.91 Å². The molecule has 0 aliphatic heterocycles. The third-order valence-corrected chi connectivity index (χ3v) is 3.04. The molecule has 1 unspecified atom stereocenters. The van der Waals surface area contributed by atoms with E-state index in [2.05, 4.69) is 5.32 Å². The molecule has 2 N–H and O–H groups in total. The summed E-state index contributed by atoms with van der Waals surface area (Å²) < 4.78 is 0. The van der Waals surface area contributed by atoms with Crippen molar-refractivity contribution in [2.75, 3.05) is 0 Å². The van der Waals surface area contributed by atoms with Gasteiger partial charge in [0.05, 0.1) is 0 Å². The Labute approximate surface area is 98.3 Å². The zero-order valence-electron chi connectivity index (χ0n) is 9.10. The molecule has 0 saturated carbocycles. The number of thiophene rings is 1. The Bertz CT molecular complexity index is 348. The SMILES string of the molecule is CC(=O)NC(CCC(=O)O)Cc1cccs1. The van der Waals surface area contributed by atoms with Gasteiger partial charge in [-0.05, 0) is 17.9 Å². The minimum Gasteiger partial charge on any atom is -0.481 e. The number of amides is 1. The van der Waals surface area contributed by atoms with Gasteiger partial charge in [-0.25, -0.2) is 0 Å². The first-order chi connectivity index (χ1) is 7.58. The molecule has 1 amide bonds. The Morgan fingerprint density at radius 1 is 1.56 bits per heavy atom. The van der Waals surface area contributed by atoms with Crippen LogP contribution in [0.3, 0.4) is 0 Å². The van der Waals surface area contributed by atoms with Crippen LogP contribution >= 0.6 is 11.3 Å². The summed E-state index contributed by atoms with van der Waals surface area (Å²) in [6, 6.07) is 3.84. The molecule has 1 aromatic rings. The van der Waals surface area contributed by atoms with Crippen LogP contribution in [0.15, 0.2) is 17.5 Å². The highest BCUT2D eigenvalue weighted by molar-refractivity contribution is 7.09. The lowest BCUT2D eigenvalue weighted by atomic mass is 10.1. The van der Waals surface area contributed by atoms with E-state index in [0.29, 0.717) is 12.8 Å². The van der Waals surface area contributed by atoms with Crippen LogP contribution in [-0.4, -0.2) is 23.0 Å². The van der Waals surface area contributed by atoms with Gasteiger partial charge in [-0.3, -0.25) is 9.59 Å². The van der Waals surface area contributed by atoms with E-state index in [1.165, 1.54) is 6.92 Å². The van der Waals surface area contributed by atoms with Crippen molar-refractivity contribution in [3.8, 4) is 0 Å². The zero-order chi connectivity index (χ0) is 12.0. The summed E-state index contributed by atoms with van der Waals surface area (Å²) in [7, 11) is 0. The molecule has 1 aromatic heterocycles. The number of carbonyl (C=O) groups is 2. The summed E-state index contributed by atoms with van der Waals surface area (Å²) >= 11 is 1.61. The van der Waals surface area contributed by atoms with Crippen molar-refractivity contribution in [3.05, 3.63) is 22.4 Å². The first-order valence-corrected chi connectivity index (χ1v) is 5.97. The van der Waals surface area contributed by atoms with Crippen molar-refractivity contribution in [3.63, 3.8) is 0 Å². The van der Waals surface area contributed by atoms with Crippen LogP contribution in [-0.2, 0) is 16.0 Å². The fourth-order valence-electron chi connectivity index (χ4n) is 1.48. The second kappa shape index (κ2) is 6.27. The number of hydrogen-bond acceptors (Lipinski definition) is 3. The number of rotatable bonds is 6. The van der Waals surface area contributed by atoms with E-state index in [4.69, 9.17) is 5.11 Å². The average Bonchev–Trinajstić information content (AvgIpc) is 2.66. The Morgan fingerprint density at radius 2 is 2.31 bits per heavy atom. The summed E-state index contributed by atoms with van der Waals surface area (Å²) in [4.78, 5) is 22.6. The van der Waals surface area contributed by atoms with Gasteiger partial charge in [0, 0.05) is 30.7 Å². The number of nitrogens with one attached hydrogen (secondary N) is 1. The highest BCUT2D eigenvalue weighted by atomic mass is 32.1. The normalized spacial score (nSPS) is 12.1. The van der Waals surface area contributed by atoms with E-state index >= 15 is 0 Å². The molecule has 5 heteroatoms. The van der Waals surface area contributed by atoms with Gasteiger partial charge in [0.25, 0.3) is 0 Å². The topological polar surface area (TPSA) is 66.4 Å². The van der Waals surface area contributed by atoms with Gasteiger partial charge in [0.1, 0.15) is 0 Å². The van der Waals surface area contributed by atoms with Gasteiger partial charge in [-0.15, -0.1) is 11.3 Å². The minimum absolute atomic E-state index is 0.0797. The van der Waals surface area contributed by atoms with Crippen molar-refractivity contribution >= 4 is 23.2 Å². The summed E-state index contributed by atoms with van der Waals surface area (Å²) in [5.74, 6) is -0.950. The fourth-order valence-corrected chi connectivity index (χ4v) is 2.27. The van der Waals surface area contributed by atoms with Gasteiger partial charge >= 0.3 is 5.97 Å². The van der Waals surface area contributed by atoms with Gasteiger partial charge in [0.15, 0.2) is 0 Å². The highest BCUT2D eigenvalue weighted by Gasteiger charge is 2.13. The standard InChI is InChI=1S/C11H15NO3S/c1-8(13)12-9(4-5-11(14)15)7-10-3-2-6-16-10/h2-3,6,9H,4-5,7H2,1H3,(H,12,13)(H,14,15). The van der Waals surface area contributed by atoms with E-state index in [1.807, 2.05) is 17.5 Å². The Balaban J connectivity index is 2.49. The highest BCUT2D eigenvalue weighted by Crippen LogP contribution is 2.13. The third-order valence-electron chi connectivity index (χ3n) is 2.14. The zero-order valence-corrected chi connectivity index (χ0v) is 9.92. The summed E-state index contributed by atoms with van der Waals surface area (Å²) in [5, 5.41) is 13.4. The van der Waals surface area contributed by atoms with Gasteiger partial charge in [-0.2, -0.15) is 0 Å². The maximum Gasteiger partial charge on any atom is 0.303 e. The molecule has 0 radical (unpaired) electrons. The van der Waals surface area contributed by atoms with Crippen LogP contribution in [0.5, 0.6) is 0 Å². The minimum atomic E-state index is -0.832. The van der Waals surface area contributed by atoms with Crippen molar-refractivity contribution in [1.29, 1.82) is 0 Å². The van der Waals surface area contributed by atoms with Crippen LogP contribution in [0.2, 0.25) is 0 Å². The summed E-state index contributed by atoms with van der Waals surface area (Å²) in [5.41, 5.74) is 0. The number of hydrogen-bond donors (Lipinski definition) is 2. The van der Waals surface area contributed by atoms with E-state index < -0.39 is 5.97 Å². The molecular formula is C11H15NO3S. The first kappa shape index (κ1) is 12.7. The lowest BCUT2D eigenvalue weighted by Gasteiger charge is -2.15. The molecule has 4 nitrogen and oxygen atoms in total. The van der Waals surface area contributed by atoms with Crippen LogP contribution < -0.4 is 5.32 Å². The third kappa shape index (κ3) is 4.93. The molecular weight excluding hydrogens is 226 g/mol. The predicted octanol–water partition coefficient (Wildman–Crippen LogP) is 1.66. The smallest absolute Gasteiger partial charge is 0.303 e. The fraction of sp³-hybridized carbons (Fsp3) is 0.455. The molecule has 0 fully saturated rings. The molecule has 88 valence electrons. The van der Waals surface area contributed by atoms with Crippen molar-refractivity contribution < 1.29 is 14.7 Å². The molecule has 0 saturated heterocycles. The van der Waals surface area contributed by atoms with Crippen molar-refractivity contribution in [1.82, 2.24) is 5.32 Å². The Hall–Kier alpha value is -1.36. The molecule has 0 aromatic carbocycles. The van der Waals surface area contributed by atoms with E-state index in [1.54, 1.807) is 11.3 Å². The molecule has 0 aliphatic carbocycles. The predicted molar refractivity (Wildman–Crippen MR) is 62.5 cm³/mol. The second-order valence-electron chi connectivity index (χ2n) is 3.61. The molecule has 1 heterocycles. The van der Waals surface area contributed by atoms with E-state index in [-0.39, 0.29) is 18.4 Å². The van der Waals surface area contributed by atoms with Crippen LogP contribution in [0.4, 0.5) is 0 Å². The molecule has 1 rings (SSSR count). The number of carboxylic acid groups (broad SMARTS) is 1. The van der Waals surface area contributed by atoms with Crippen molar-refractivity contribution in [2.45, 2.75) is 32.2 Å². The summed E-state index contributed by atoms with van der Waals surface area (Å²) in [6.07, 6.45) is 1.24. The average molecular weight is 241 g/mol. The second-order valence-corrected chi connectivity index (χ2v) is 4.65. The molecule has 16 heavy (non-hydrogen) atoms. The van der Waals surface area contributed by atoms with E-state index in [9.17, 15) is 9.59 Å². The Kier molecular flexibility index (Phi) is 4.98. The maximum absolute atomic E-state index is 11.0. The quantitative estimate of drug-likeness (QED) is 0.796. The number of carboxylic acids is 1. The van der Waals surface area contributed by atoms with Crippen molar-refractivity contribution in [2.24, 2.45) is 0 Å².